The number of fused-ring (bicyclic) bond motifs is 1. The number of nitrogens with zero attached hydrogens (tertiary/aromatic N) is 4. The van der Waals surface area contributed by atoms with Crippen molar-refractivity contribution in [3.63, 3.8) is 0 Å². The van der Waals surface area contributed by atoms with Gasteiger partial charge in [0.25, 0.3) is 5.91 Å². The van der Waals surface area contributed by atoms with Gasteiger partial charge in [0, 0.05) is 44.6 Å². The van der Waals surface area contributed by atoms with Crippen molar-refractivity contribution < 1.29 is 9.59 Å². The van der Waals surface area contributed by atoms with Gasteiger partial charge in [-0.2, -0.15) is 0 Å². The Morgan fingerprint density at radius 2 is 1.74 bits per heavy atom. The van der Waals surface area contributed by atoms with E-state index in [1.807, 2.05) is 23.2 Å². The first-order valence-corrected chi connectivity index (χ1v) is 12.8. The van der Waals surface area contributed by atoms with Crippen molar-refractivity contribution >= 4 is 11.9 Å². The van der Waals surface area contributed by atoms with Crippen LogP contribution >= 0.6 is 0 Å². The van der Waals surface area contributed by atoms with Gasteiger partial charge in [-0.25, -0.2) is 4.79 Å². The van der Waals surface area contributed by atoms with Gasteiger partial charge in [0.05, 0.1) is 0 Å². The van der Waals surface area contributed by atoms with Gasteiger partial charge in [-0.15, -0.1) is 0 Å². The van der Waals surface area contributed by atoms with E-state index in [2.05, 4.69) is 48.0 Å². The Balaban J connectivity index is 1.26. The lowest BCUT2D eigenvalue weighted by atomic mass is 9.84. The molecule has 180 valence electrons. The minimum Gasteiger partial charge on any atom is -0.309 e. The van der Waals surface area contributed by atoms with E-state index in [0.29, 0.717) is 25.0 Å². The minimum absolute atomic E-state index is 0.0266. The van der Waals surface area contributed by atoms with Gasteiger partial charge >= 0.3 is 6.03 Å². The maximum absolute atomic E-state index is 13.8. The number of amides is 3. The molecule has 1 spiro atoms. The molecule has 0 N–H and O–H groups in total. The molecule has 2 aliphatic heterocycles. The zero-order valence-corrected chi connectivity index (χ0v) is 20.4. The van der Waals surface area contributed by atoms with Gasteiger partial charge in [-0.05, 0) is 67.2 Å². The molecule has 0 radical (unpaired) electrons. The van der Waals surface area contributed by atoms with Crippen molar-refractivity contribution in [1.82, 2.24) is 19.7 Å². The molecular weight excluding hydrogens is 424 g/mol. The van der Waals surface area contributed by atoms with Crippen LogP contribution in [0.1, 0.15) is 49.8 Å². The summed E-state index contributed by atoms with van der Waals surface area (Å²) in [6.45, 7) is 7.11. The Bertz CT molecular complexity index is 1000. The molecule has 2 fully saturated rings. The van der Waals surface area contributed by atoms with Gasteiger partial charge < -0.3 is 4.90 Å². The normalized spacial score (nSPS) is 20.7. The summed E-state index contributed by atoms with van der Waals surface area (Å²) >= 11 is 0. The second kappa shape index (κ2) is 9.49. The third-order valence-electron chi connectivity index (χ3n) is 7.91. The second-order valence-corrected chi connectivity index (χ2v) is 10.6. The molecule has 3 amide bonds. The topological polar surface area (TPSA) is 56.8 Å². The summed E-state index contributed by atoms with van der Waals surface area (Å²) < 4.78 is 0. The number of aromatic nitrogens is 1. The van der Waals surface area contributed by atoms with Crippen LogP contribution < -0.4 is 0 Å². The van der Waals surface area contributed by atoms with Crippen LogP contribution in [0.2, 0.25) is 0 Å². The number of carbonyl (C=O) groups is 2. The number of piperidine rings is 1. The number of imide groups is 1. The Morgan fingerprint density at radius 3 is 2.35 bits per heavy atom. The predicted molar refractivity (Wildman–Crippen MR) is 132 cm³/mol. The molecule has 34 heavy (non-hydrogen) atoms. The van der Waals surface area contributed by atoms with Crippen LogP contribution in [0.4, 0.5) is 4.79 Å². The Kier molecular flexibility index (Phi) is 6.43. The Hall–Kier alpha value is -2.73. The van der Waals surface area contributed by atoms with Crippen molar-refractivity contribution in [2.24, 2.45) is 5.92 Å². The largest absolute Gasteiger partial charge is 0.327 e. The molecule has 5 rings (SSSR count). The summed E-state index contributed by atoms with van der Waals surface area (Å²) in [4.78, 5) is 37.4. The molecular formula is C28H36N4O2. The average molecular weight is 461 g/mol. The number of hydrogen-bond donors (Lipinski definition) is 0. The summed E-state index contributed by atoms with van der Waals surface area (Å²) in [5.74, 6) is 0.352. The standard InChI is InChI=1S/C28H36N4O2/c1-21(2)20-32-27(34)31(14-6-8-22-7-5-13-29-19-22)26(33)28(32)11-15-30(16-12-28)25-17-23-9-3-4-10-24(23)18-25/h3-5,7,9-10,13,19,21,25H,6,8,11-12,14-18,20H2,1-2H3. The first kappa shape index (κ1) is 23.0. The van der Waals surface area contributed by atoms with Crippen molar-refractivity contribution in [2.75, 3.05) is 26.2 Å². The fourth-order valence-corrected chi connectivity index (χ4v) is 6.12. The van der Waals surface area contributed by atoms with Crippen LogP contribution in [0.25, 0.3) is 0 Å². The van der Waals surface area contributed by atoms with Gasteiger partial charge in [0.1, 0.15) is 5.54 Å². The first-order chi connectivity index (χ1) is 16.5. The Morgan fingerprint density at radius 1 is 1.03 bits per heavy atom. The minimum atomic E-state index is -0.669. The van der Waals surface area contributed by atoms with Crippen molar-refractivity contribution in [3.8, 4) is 0 Å². The molecule has 3 aliphatic rings. The van der Waals surface area contributed by atoms with Crippen LogP contribution in [0, 0.1) is 5.92 Å². The molecule has 0 unspecified atom stereocenters. The number of rotatable bonds is 7. The lowest BCUT2D eigenvalue weighted by Crippen LogP contribution is -2.58. The number of urea groups is 1. The van der Waals surface area contributed by atoms with Gasteiger partial charge in [-0.1, -0.05) is 44.2 Å². The van der Waals surface area contributed by atoms with Crippen LogP contribution in [0.15, 0.2) is 48.8 Å². The smallest absolute Gasteiger partial charge is 0.309 e. The maximum Gasteiger partial charge on any atom is 0.327 e. The molecule has 6 heteroatoms. The first-order valence-electron chi connectivity index (χ1n) is 12.8. The predicted octanol–water partition coefficient (Wildman–Crippen LogP) is 3.94. The highest BCUT2D eigenvalue weighted by Crippen LogP contribution is 2.39. The van der Waals surface area contributed by atoms with Gasteiger partial charge in [0.2, 0.25) is 0 Å². The lowest BCUT2D eigenvalue weighted by Gasteiger charge is -2.44. The highest BCUT2D eigenvalue weighted by Gasteiger charge is 2.58. The number of pyridine rings is 1. The quantitative estimate of drug-likeness (QED) is 0.588. The fourth-order valence-electron chi connectivity index (χ4n) is 6.12. The van der Waals surface area contributed by atoms with Gasteiger partial charge in [-0.3, -0.25) is 19.6 Å². The maximum atomic E-state index is 13.8. The lowest BCUT2D eigenvalue weighted by molar-refractivity contribution is -0.136. The second-order valence-electron chi connectivity index (χ2n) is 10.6. The average Bonchev–Trinajstić information content (AvgIpc) is 3.35. The van der Waals surface area contributed by atoms with E-state index in [9.17, 15) is 9.59 Å². The molecule has 2 saturated heterocycles. The van der Waals surface area contributed by atoms with Crippen LogP contribution in [-0.4, -0.2) is 69.4 Å². The number of aryl methyl sites for hydroxylation is 1. The van der Waals surface area contributed by atoms with Crippen molar-refractivity contribution in [3.05, 3.63) is 65.5 Å². The molecule has 0 bridgehead atoms. The van der Waals surface area contributed by atoms with Crippen LogP contribution in [0.5, 0.6) is 0 Å². The van der Waals surface area contributed by atoms with Gasteiger partial charge in [0.15, 0.2) is 0 Å². The number of likely N-dealkylation sites (tertiary alicyclic amines) is 1. The molecule has 1 aliphatic carbocycles. The molecule has 1 aromatic heterocycles. The van der Waals surface area contributed by atoms with E-state index in [0.717, 1.165) is 57.2 Å². The van der Waals surface area contributed by atoms with E-state index in [-0.39, 0.29) is 11.9 Å². The molecule has 3 heterocycles. The summed E-state index contributed by atoms with van der Waals surface area (Å²) in [5.41, 5.74) is 3.39. The van der Waals surface area contributed by atoms with E-state index < -0.39 is 5.54 Å². The van der Waals surface area contributed by atoms with Crippen LogP contribution in [-0.2, 0) is 24.1 Å². The highest BCUT2D eigenvalue weighted by molar-refractivity contribution is 6.07. The molecule has 2 aromatic rings. The van der Waals surface area contributed by atoms with E-state index >= 15 is 0 Å². The molecule has 1 aromatic carbocycles. The van der Waals surface area contributed by atoms with E-state index in [1.165, 1.54) is 11.1 Å². The number of benzene rings is 1. The third kappa shape index (κ3) is 4.24. The SMILES string of the molecule is CC(C)CN1C(=O)N(CCCc2cccnc2)C(=O)C12CCN(C1Cc3ccccc3C1)CC2. The number of hydrogen-bond acceptors (Lipinski definition) is 4. The molecule has 0 saturated carbocycles. The summed E-state index contributed by atoms with van der Waals surface area (Å²) in [7, 11) is 0. The zero-order valence-electron chi connectivity index (χ0n) is 20.4. The third-order valence-corrected chi connectivity index (χ3v) is 7.91. The summed E-state index contributed by atoms with van der Waals surface area (Å²) in [6.07, 6.45) is 8.85. The molecule has 0 atom stereocenters. The van der Waals surface area contributed by atoms with E-state index in [4.69, 9.17) is 0 Å². The monoisotopic (exact) mass is 460 g/mol. The fraction of sp³-hybridized carbons (Fsp3) is 0.536. The highest BCUT2D eigenvalue weighted by atomic mass is 16.2. The zero-order chi connectivity index (χ0) is 23.7. The summed E-state index contributed by atoms with van der Waals surface area (Å²) in [5, 5.41) is 0. The molecule has 6 nitrogen and oxygen atoms in total. The van der Waals surface area contributed by atoms with E-state index in [1.54, 1.807) is 11.1 Å². The summed E-state index contributed by atoms with van der Waals surface area (Å²) in [6, 6.07) is 13.1. The van der Waals surface area contributed by atoms with Crippen LogP contribution in [0.3, 0.4) is 0 Å². The van der Waals surface area contributed by atoms with Crippen molar-refractivity contribution in [1.29, 1.82) is 0 Å². The number of carbonyl (C=O) groups excluding carboxylic acids is 2. The van der Waals surface area contributed by atoms with Crippen molar-refractivity contribution in [2.45, 2.75) is 64.0 Å². The Labute approximate surface area is 202 Å².